The zero-order chi connectivity index (χ0) is 10.8. The van der Waals surface area contributed by atoms with Crippen LogP contribution in [0.1, 0.15) is 0 Å². The molecule has 0 saturated heterocycles. The van der Waals surface area contributed by atoms with Crippen LogP contribution in [0.5, 0.6) is 0 Å². The largest absolute Gasteiger partial charge is 0.333 e. The van der Waals surface area contributed by atoms with Crippen molar-refractivity contribution < 1.29 is 14.4 Å². The van der Waals surface area contributed by atoms with Crippen molar-refractivity contribution in [1.82, 2.24) is 0 Å². The normalized spacial score (nSPS) is 14.0. The number of para-hydroxylation sites is 1. The minimum atomic E-state index is -4.25. The first-order valence-electron chi connectivity index (χ1n) is 3.47. The first-order valence-corrected chi connectivity index (χ1v) is 5.13. The van der Waals surface area contributed by atoms with Gasteiger partial charge in [-0.2, -0.15) is 5.26 Å². The van der Waals surface area contributed by atoms with E-state index in [1.54, 1.807) is 0 Å². The molecule has 0 saturated carbocycles. The van der Waals surface area contributed by atoms with Crippen molar-refractivity contribution in [3.8, 4) is 5.81 Å². The highest BCUT2D eigenvalue weighted by Gasteiger charge is 2.29. The van der Waals surface area contributed by atoms with E-state index in [0.29, 0.717) is 0 Å². The Hall–Kier alpha value is -1.70. The number of benzene rings is 1. The molecule has 1 unspecified atom stereocenters. The molecule has 72 valence electrons. The highest BCUT2D eigenvalue weighted by molar-refractivity contribution is 7.71. The van der Waals surface area contributed by atoms with Crippen molar-refractivity contribution in [2.75, 3.05) is 0 Å². The van der Waals surface area contributed by atoms with Crippen LogP contribution in [0.2, 0.25) is 0 Å². The van der Waals surface area contributed by atoms with Gasteiger partial charge < -0.3 is 4.89 Å². The van der Waals surface area contributed by atoms with Crippen LogP contribution in [0.25, 0.3) is 0 Å². The minimum Gasteiger partial charge on any atom is -0.331 e. The Labute approximate surface area is 79.0 Å². The summed E-state index contributed by atoms with van der Waals surface area (Å²) < 4.78 is 11.2. The molecule has 0 aliphatic rings. The minimum absolute atomic E-state index is 0.437. The van der Waals surface area contributed by atoms with E-state index >= 15 is 0 Å². The van der Waals surface area contributed by atoms with E-state index in [0.717, 1.165) is 17.9 Å². The zero-order valence-corrected chi connectivity index (χ0v) is 7.72. The Kier molecular flexibility index (Phi) is 2.65. The molecule has 7 heteroatoms. The quantitative estimate of drug-likeness (QED) is 0.446. The Bertz CT molecular complexity index is 465. The lowest BCUT2D eigenvalue weighted by molar-refractivity contribution is -0.383. The lowest BCUT2D eigenvalue weighted by Crippen LogP contribution is -2.08. The topological polar surface area (TPSA) is 104 Å². The van der Waals surface area contributed by atoms with Gasteiger partial charge in [-0.15, -0.1) is 0 Å². The number of hydrogen-bond donors (Lipinski definition) is 1. The molecule has 14 heavy (non-hydrogen) atoms. The third kappa shape index (κ3) is 1.79. The number of nitro groups is 1. The summed E-state index contributed by atoms with van der Waals surface area (Å²) in [5, 5.41) is 18.4. The SMILES string of the molecule is N#CP(=O)(O)c1ccccc1[N+](=O)[O-]. The third-order valence-electron chi connectivity index (χ3n) is 1.54. The number of nitrogens with zero attached hydrogens (tertiary/aromatic N) is 2. The average Bonchev–Trinajstić information content (AvgIpc) is 2.18. The molecule has 0 fully saturated rings. The summed E-state index contributed by atoms with van der Waals surface area (Å²) in [7, 11) is -4.25. The second-order valence-electron chi connectivity index (χ2n) is 2.42. The van der Waals surface area contributed by atoms with Crippen molar-refractivity contribution >= 4 is 18.4 Å². The van der Waals surface area contributed by atoms with Crippen LogP contribution in [0.15, 0.2) is 24.3 Å². The molecule has 0 bridgehead atoms. The molecular formula is C7H5N2O4P. The zero-order valence-electron chi connectivity index (χ0n) is 6.82. The van der Waals surface area contributed by atoms with Gasteiger partial charge in [-0.25, -0.2) is 0 Å². The summed E-state index contributed by atoms with van der Waals surface area (Å²) in [6.45, 7) is 0. The van der Waals surface area contributed by atoms with Gasteiger partial charge in [-0.3, -0.25) is 14.7 Å². The summed E-state index contributed by atoms with van der Waals surface area (Å²) >= 11 is 0. The third-order valence-corrected chi connectivity index (χ3v) is 2.84. The molecule has 0 radical (unpaired) electrons. The maximum atomic E-state index is 11.2. The molecule has 1 N–H and O–H groups in total. The average molecular weight is 212 g/mol. The van der Waals surface area contributed by atoms with Gasteiger partial charge in [-0.1, -0.05) is 12.1 Å². The summed E-state index contributed by atoms with van der Waals surface area (Å²) in [4.78, 5) is 18.8. The monoisotopic (exact) mass is 212 g/mol. The Morgan fingerprint density at radius 3 is 2.57 bits per heavy atom. The van der Waals surface area contributed by atoms with Crippen LogP contribution < -0.4 is 5.30 Å². The fourth-order valence-corrected chi connectivity index (χ4v) is 1.79. The molecule has 0 aromatic heterocycles. The van der Waals surface area contributed by atoms with Crippen LogP contribution in [0.4, 0.5) is 5.69 Å². The van der Waals surface area contributed by atoms with Gasteiger partial charge in [0.1, 0.15) is 5.30 Å². The number of rotatable bonds is 2. The Morgan fingerprint density at radius 1 is 1.50 bits per heavy atom. The van der Waals surface area contributed by atoms with E-state index in [4.69, 9.17) is 10.2 Å². The highest BCUT2D eigenvalue weighted by atomic mass is 31.2. The highest BCUT2D eigenvalue weighted by Crippen LogP contribution is 2.40. The van der Waals surface area contributed by atoms with Crippen LogP contribution in [0.3, 0.4) is 0 Å². The number of hydrogen-bond acceptors (Lipinski definition) is 4. The molecule has 0 heterocycles. The standard InChI is InChI=1S/C7H5N2O4P/c8-5-14(12,13)7-4-2-1-3-6(7)9(10)11/h1-4H,(H,12,13). The molecule has 0 amide bonds. The second-order valence-corrected chi connectivity index (χ2v) is 4.26. The predicted octanol–water partition coefficient (Wildman–Crippen LogP) is 0.972. The van der Waals surface area contributed by atoms with Crippen molar-refractivity contribution in [3.63, 3.8) is 0 Å². The summed E-state index contributed by atoms with van der Waals surface area (Å²) in [6, 6.07) is 4.90. The molecule has 6 nitrogen and oxygen atoms in total. The van der Waals surface area contributed by atoms with E-state index in [1.807, 2.05) is 0 Å². The van der Waals surface area contributed by atoms with Crippen LogP contribution in [0, 0.1) is 21.2 Å². The van der Waals surface area contributed by atoms with Gasteiger partial charge in [0, 0.05) is 6.07 Å². The van der Waals surface area contributed by atoms with E-state index in [9.17, 15) is 14.7 Å². The summed E-state index contributed by atoms with van der Waals surface area (Å²) in [6.07, 6.45) is 0. The smallest absolute Gasteiger partial charge is 0.331 e. The van der Waals surface area contributed by atoms with Gasteiger partial charge >= 0.3 is 7.37 Å². The lowest BCUT2D eigenvalue weighted by Gasteiger charge is -2.02. The molecule has 1 aromatic carbocycles. The lowest BCUT2D eigenvalue weighted by atomic mass is 10.3. The predicted molar refractivity (Wildman–Crippen MR) is 48.2 cm³/mol. The van der Waals surface area contributed by atoms with Crippen molar-refractivity contribution in [2.45, 2.75) is 0 Å². The van der Waals surface area contributed by atoms with E-state index in [1.165, 1.54) is 12.1 Å². The fraction of sp³-hybridized carbons (Fsp3) is 0. The molecule has 1 atom stereocenters. The van der Waals surface area contributed by atoms with Gasteiger partial charge in [0.25, 0.3) is 5.69 Å². The molecular weight excluding hydrogens is 207 g/mol. The number of nitro benzene ring substituents is 1. The maximum absolute atomic E-state index is 11.2. The van der Waals surface area contributed by atoms with E-state index in [-0.39, 0.29) is 0 Å². The van der Waals surface area contributed by atoms with Gasteiger partial charge in [0.05, 0.1) is 4.92 Å². The van der Waals surface area contributed by atoms with Gasteiger partial charge in [-0.05, 0) is 6.07 Å². The maximum Gasteiger partial charge on any atom is 0.333 e. The van der Waals surface area contributed by atoms with Crippen LogP contribution in [-0.4, -0.2) is 9.82 Å². The van der Waals surface area contributed by atoms with Crippen LogP contribution >= 0.6 is 7.37 Å². The second kappa shape index (κ2) is 3.58. The van der Waals surface area contributed by atoms with Crippen molar-refractivity contribution in [1.29, 1.82) is 5.26 Å². The molecule has 1 aromatic rings. The summed E-state index contributed by atoms with van der Waals surface area (Å²) in [5.74, 6) is 1.16. The first-order chi connectivity index (χ1) is 6.49. The van der Waals surface area contributed by atoms with Crippen molar-refractivity contribution in [3.05, 3.63) is 34.4 Å². The van der Waals surface area contributed by atoms with E-state index < -0.39 is 23.3 Å². The molecule has 1 rings (SSSR count). The molecule has 0 spiro atoms. The van der Waals surface area contributed by atoms with Crippen LogP contribution in [-0.2, 0) is 4.57 Å². The van der Waals surface area contributed by atoms with Gasteiger partial charge in [0.2, 0.25) is 0 Å². The fourth-order valence-electron chi connectivity index (χ4n) is 0.929. The number of nitriles is 1. The van der Waals surface area contributed by atoms with E-state index in [2.05, 4.69) is 0 Å². The first kappa shape index (κ1) is 10.4. The summed E-state index contributed by atoms with van der Waals surface area (Å²) in [5.41, 5.74) is -0.514. The van der Waals surface area contributed by atoms with Gasteiger partial charge in [0.15, 0.2) is 5.81 Å². The van der Waals surface area contributed by atoms with Crippen molar-refractivity contribution in [2.24, 2.45) is 0 Å². The molecule has 0 aliphatic heterocycles. The Balaban J connectivity index is 3.44. The Morgan fingerprint density at radius 2 is 2.07 bits per heavy atom. The molecule has 0 aliphatic carbocycles.